The van der Waals surface area contributed by atoms with Gasteiger partial charge < -0.3 is 10.1 Å². The van der Waals surface area contributed by atoms with Crippen LogP contribution in [0.3, 0.4) is 0 Å². The standard InChI is InChI=1S/C17H21N3O5S3/c1-25-17(22)16-13(6-10-27-16)18-14(21)11-20-7-4-12(5-8-20)19-28(23,24)15-3-2-9-26-15/h2-3,6,9-10,12,19H,4-5,7-8,11H2,1H3,(H,18,21). The molecule has 1 aliphatic rings. The van der Waals surface area contributed by atoms with Gasteiger partial charge in [0.2, 0.25) is 15.9 Å². The van der Waals surface area contributed by atoms with Gasteiger partial charge in [0.25, 0.3) is 0 Å². The third kappa shape index (κ3) is 5.17. The first kappa shape index (κ1) is 20.9. The van der Waals surface area contributed by atoms with Crippen LogP contribution in [0.4, 0.5) is 5.69 Å². The molecule has 0 unspecified atom stereocenters. The number of amides is 1. The van der Waals surface area contributed by atoms with Crippen molar-refractivity contribution in [3.63, 3.8) is 0 Å². The van der Waals surface area contributed by atoms with Crippen LogP contribution < -0.4 is 10.0 Å². The number of carbonyl (C=O) groups is 2. The lowest BCUT2D eigenvalue weighted by molar-refractivity contribution is -0.117. The van der Waals surface area contributed by atoms with E-state index in [1.54, 1.807) is 29.0 Å². The number of carbonyl (C=O) groups excluding carboxylic acids is 2. The van der Waals surface area contributed by atoms with Crippen molar-refractivity contribution in [2.24, 2.45) is 0 Å². The van der Waals surface area contributed by atoms with Gasteiger partial charge >= 0.3 is 5.97 Å². The van der Waals surface area contributed by atoms with Gasteiger partial charge in [0.15, 0.2) is 0 Å². The Labute approximate surface area is 171 Å². The number of rotatable bonds is 7. The average Bonchev–Trinajstić information content (AvgIpc) is 3.35. The maximum atomic E-state index is 12.3. The summed E-state index contributed by atoms with van der Waals surface area (Å²) in [6.07, 6.45) is 1.26. The van der Waals surface area contributed by atoms with E-state index in [4.69, 9.17) is 4.74 Å². The van der Waals surface area contributed by atoms with Crippen molar-refractivity contribution in [3.8, 4) is 0 Å². The van der Waals surface area contributed by atoms with Crippen molar-refractivity contribution >= 4 is 50.3 Å². The number of methoxy groups -OCH3 is 1. The molecule has 3 heterocycles. The first-order valence-electron chi connectivity index (χ1n) is 8.63. The summed E-state index contributed by atoms with van der Waals surface area (Å²) in [6, 6.07) is 4.81. The summed E-state index contributed by atoms with van der Waals surface area (Å²) in [7, 11) is -2.18. The summed E-state index contributed by atoms with van der Waals surface area (Å²) < 4.78 is 32.3. The van der Waals surface area contributed by atoms with Crippen molar-refractivity contribution in [2.45, 2.75) is 23.1 Å². The van der Waals surface area contributed by atoms with Crippen LogP contribution >= 0.6 is 22.7 Å². The zero-order valence-corrected chi connectivity index (χ0v) is 17.7. The Morgan fingerprint density at radius 1 is 1.21 bits per heavy atom. The molecule has 0 bridgehead atoms. The van der Waals surface area contributed by atoms with E-state index in [1.165, 1.54) is 29.8 Å². The zero-order valence-electron chi connectivity index (χ0n) is 15.2. The number of sulfonamides is 1. The lowest BCUT2D eigenvalue weighted by Crippen LogP contribution is -2.46. The summed E-state index contributed by atoms with van der Waals surface area (Å²) in [4.78, 5) is 26.3. The van der Waals surface area contributed by atoms with Crippen LogP contribution in [0.2, 0.25) is 0 Å². The molecule has 0 aromatic carbocycles. The molecule has 0 saturated carbocycles. The molecule has 0 atom stereocenters. The Morgan fingerprint density at radius 3 is 2.61 bits per heavy atom. The number of hydrogen-bond donors (Lipinski definition) is 2. The van der Waals surface area contributed by atoms with E-state index < -0.39 is 16.0 Å². The van der Waals surface area contributed by atoms with Gasteiger partial charge in [-0.05, 0) is 35.7 Å². The number of piperidine rings is 1. The summed E-state index contributed by atoms with van der Waals surface area (Å²) in [5.41, 5.74) is 0.445. The van der Waals surface area contributed by atoms with Crippen LogP contribution in [0.5, 0.6) is 0 Å². The topological polar surface area (TPSA) is 105 Å². The van der Waals surface area contributed by atoms with Crippen molar-refractivity contribution in [1.29, 1.82) is 0 Å². The second kappa shape index (κ2) is 9.14. The quantitative estimate of drug-likeness (QED) is 0.634. The van der Waals surface area contributed by atoms with E-state index in [2.05, 4.69) is 10.0 Å². The predicted octanol–water partition coefficient (Wildman–Crippen LogP) is 1.98. The fraction of sp³-hybridized carbons (Fsp3) is 0.412. The van der Waals surface area contributed by atoms with E-state index in [9.17, 15) is 18.0 Å². The second-order valence-corrected chi connectivity index (χ2v) is 10.1. The van der Waals surface area contributed by atoms with E-state index in [0.29, 0.717) is 40.7 Å². The summed E-state index contributed by atoms with van der Waals surface area (Å²) >= 11 is 2.40. The van der Waals surface area contributed by atoms with Gasteiger partial charge in [0, 0.05) is 19.1 Å². The molecule has 1 aliphatic heterocycles. The van der Waals surface area contributed by atoms with Gasteiger partial charge in [-0.1, -0.05) is 6.07 Å². The Bertz CT molecular complexity index is 916. The number of nitrogens with one attached hydrogen (secondary N) is 2. The van der Waals surface area contributed by atoms with Gasteiger partial charge in [-0.25, -0.2) is 17.9 Å². The van der Waals surface area contributed by atoms with Gasteiger partial charge in [-0.2, -0.15) is 0 Å². The highest BCUT2D eigenvalue weighted by atomic mass is 32.2. The molecule has 0 aliphatic carbocycles. The summed E-state index contributed by atoms with van der Waals surface area (Å²) in [6.45, 7) is 1.40. The van der Waals surface area contributed by atoms with E-state index in [-0.39, 0.29) is 18.5 Å². The first-order chi connectivity index (χ1) is 13.4. The monoisotopic (exact) mass is 443 g/mol. The maximum absolute atomic E-state index is 12.3. The minimum absolute atomic E-state index is 0.144. The third-order valence-corrected chi connectivity index (χ3v) is 8.16. The van der Waals surface area contributed by atoms with Crippen molar-refractivity contribution in [3.05, 3.63) is 33.8 Å². The predicted molar refractivity (Wildman–Crippen MR) is 108 cm³/mol. The Morgan fingerprint density at radius 2 is 1.96 bits per heavy atom. The Kier molecular flexibility index (Phi) is 6.83. The number of nitrogens with zero attached hydrogens (tertiary/aromatic N) is 1. The number of esters is 1. The highest BCUT2D eigenvalue weighted by Crippen LogP contribution is 2.23. The van der Waals surface area contributed by atoms with Gasteiger partial charge in [-0.15, -0.1) is 22.7 Å². The number of likely N-dealkylation sites (tertiary alicyclic amines) is 1. The fourth-order valence-corrected chi connectivity index (χ4v) is 6.03. The fourth-order valence-electron chi connectivity index (χ4n) is 2.95. The molecule has 2 aromatic rings. The second-order valence-electron chi connectivity index (χ2n) is 6.31. The Hall–Kier alpha value is -1.79. The van der Waals surface area contributed by atoms with Crippen LogP contribution in [-0.4, -0.2) is 58.0 Å². The summed E-state index contributed by atoms with van der Waals surface area (Å²) in [5, 5.41) is 6.19. The molecule has 2 N–H and O–H groups in total. The molecule has 8 nitrogen and oxygen atoms in total. The number of ether oxygens (including phenoxy) is 1. The van der Waals surface area contributed by atoms with E-state index in [1.807, 2.05) is 4.90 Å². The Balaban J connectivity index is 1.47. The van der Waals surface area contributed by atoms with Crippen LogP contribution in [0.15, 0.2) is 33.2 Å². The van der Waals surface area contributed by atoms with Crippen molar-refractivity contribution < 1.29 is 22.7 Å². The molecule has 28 heavy (non-hydrogen) atoms. The first-order valence-corrected chi connectivity index (χ1v) is 11.9. The van der Waals surface area contributed by atoms with Crippen LogP contribution in [0, 0.1) is 0 Å². The van der Waals surface area contributed by atoms with Crippen LogP contribution in [0.25, 0.3) is 0 Å². The molecule has 3 rings (SSSR count). The van der Waals surface area contributed by atoms with E-state index >= 15 is 0 Å². The molecule has 152 valence electrons. The molecule has 0 spiro atoms. The zero-order chi connectivity index (χ0) is 20.1. The largest absolute Gasteiger partial charge is 0.465 e. The lowest BCUT2D eigenvalue weighted by Gasteiger charge is -2.31. The van der Waals surface area contributed by atoms with Crippen molar-refractivity contribution in [1.82, 2.24) is 9.62 Å². The van der Waals surface area contributed by atoms with Crippen LogP contribution in [-0.2, 0) is 19.6 Å². The van der Waals surface area contributed by atoms with Gasteiger partial charge in [0.1, 0.15) is 9.09 Å². The normalized spacial score (nSPS) is 16.0. The molecule has 1 saturated heterocycles. The molecule has 0 radical (unpaired) electrons. The SMILES string of the molecule is COC(=O)c1sccc1NC(=O)CN1CCC(NS(=O)(=O)c2cccs2)CC1. The minimum Gasteiger partial charge on any atom is -0.465 e. The van der Waals surface area contributed by atoms with Crippen molar-refractivity contribution in [2.75, 3.05) is 32.1 Å². The molecule has 1 amide bonds. The number of hydrogen-bond acceptors (Lipinski definition) is 8. The molecular weight excluding hydrogens is 422 g/mol. The third-order valence-electron chi connectivity index (χ3n) is 4.35. The smallest absolute Gasteiger partial charge is 0.350 e. The highest BCUT2D eigenvalue weighted by Gasteiger charge is 2.26. The number of thiophene rings is 2. The summed E-state index contributed by atoms with van der Waals surface area (Å²) in [5.74, 6) is -0.703. The van der Waals surface area contributed by atoms with Crippen LogP contribution in [0.1, 0.15) is 22.5 Å². The highest BCUT2D eigenvalue weighted by molar-refractivity contribution is 7.91. The molecular formula is C17H21N3O5S3. The average molecular weight is 444 g/mol. The van der Waals surface area contributed by atoms with E-state index in [0.717, 1.165) is 0 Å². The van der Waals surface area contributed by atoms with Gasteiger partial charge in [-0.3, -0.25) is 9.69 Å². The number of anilines is 1. The van der Waals surface area contributed by atoms with Gasteiger partial charge in [0.05, 0.1) is 19.3 Å². The lowest BCUT2D eigenvalue weighted by atomic mass is 10.1. The molecule has 2 aromatic heterocycles. The molecule has 11 heteroatoms. The maximum Gasteiger partial charge on any atom is 0.350 e. The molecule has 1 fully saturated rings. The minimum atomic E-state index is -3.48.